The van der Waals surface area contributed by atoms with E-state index in [1.165, 1.54) is 18.9 Å². The van der Waals surface area contributed by atoms with Crippen LogP contribution in [0.5, 0.6) is 0 Å². The molecule has 0 spiro atoms. The molecule has 1 saturated heterocycles. The highest BCUT2D eigenvalue weighted by molar-refractivity contribution is 5.98. The monoisotopic (exact) mass is 357 g/mol. The third-order valence-electron chi connectivity index (χ3n) is 4.56. The highest BCUT2D eigenvalue weighted by atomic mass is 35.5. The molecule has 2 aliphatic rings. The van der Waals surface area contributed by atoms with E-state index in [-0.39, 0.29) is 18.0 Å². The van der Waals surface area contributed by atoms with E-state index in [4.69, 9.17) is 0 Å². The van der Waals surface area contributed by atoms with Gasteiger partial charge in [0.15, 0.2) is 0 Å². The summed E-state index contributed by atoms with van der Waals surface area (Å²) in [5.74, 6) is -0.287. The smallest absolute Gasteiger partial charge is 0.285 e. The van der Waals surface area contributed by atoms with E-state index in [9.17, 15) is 19.3 Å². The minimum Gasteiger partial charge on any atom is -0.338 e. The van der Waals surface area contributed by atoms with Gasteiger partial charge in [0, 0.05) is 19.1 Å². The number of amides is 1. The number of nitro groups is 1. The van der Waals surface area contributed by atoms with Crippen LogP contribution in [0, 0.1) is 21.8 Å². The number of hydrogen-bond acceptors (Lipinski definition) is 4. The number of likely N-dealkylation sites (tertiary alicyclic amines) is 1. The van der Waals surface area contributed by atoms with E-state index >= 15 is 0 Å². The standard InChI is InChI=1S/C16H20FN3O3.ClH/c17-12-3-4-14(15(9-12)20(22)23)16(21)19-7-5-13(6-8-19)18-10-11-1-2-11;/h3-4,9,11,13,18H,1-2,5-8,10H2;1H. The summed E-state index contributed by atoms with van der Waals surface area (Å²) in [6, 6.07) is 3.50. The van der Waals surface area contributed by atoms with Crippen LogP contribution in [0.4, 0.5) is 10.1 Å². The first kappa shape index (κ1) is 18.6. The molecule has 0 bridgehead atoms. The average Bonchev–Trinajstić information content (AvgIpc) is 3.37. The first-order chi connectivity index (χ1) is 11.0. The van der Waals surface area contributed by atoms with E-state index in [2.05, 4.69) is 5.32 Å². The van der Waals surface area contributed by atoms with Gasteiger partial charge in [0.1, 0.15) is 11.4 Å². The highest BCUT2D eigenvalue weighted by Crippen LogP contribution is 2.28. The number of nitrogens with one attached hydrogen (secondary N) is 1. The molecule has 3 rings (SSSR count). The summed E-state index contributed by atoms with van der Waals surface area (Å²) in [5.41, 5.74) is -0.509. The second-order valence-electron chi connectivity index (χ2n) is 6.34. The Kier molecular flexibility index (Phi) is 6.12. The van der Waals surface area contributed by atoms with Gasteiger partial charge in [-0.3, -0.25) is 14.9 Å². The molecule has 1 aromatic rings. The van der Waals surface area contributed by atoms with Gasteiger partial charge >= 0.3 is 0 Å². The van der Waals surface area contributed by atoms with Crippen LogP contribution < -0.4 is 5.32 Å². The average molecular weight is 358 g/mol. The Hall–Kier alpha value is -1.73. The van der Waals surface area contributed by atoms with E-state index in [1.807, 2.05) is 0 Å². The van der Waals surface area contributed by atoms with Gasteiger partial charge in [0.05, 0.1) is 11.0 Å². The summed E-state index contributed by atoms with van der Waals surface area (Å²) in [6.07, 6.45) is 4.29. The minimum absolute atomic E-state index is 0. The Balaban J connectivity index is 0.00000208. The van der Waals surface area contributed by atoms with Crippen molar-refractivity contribution >= 4 is 24.0 Å². The van der Waals surface area contributed by atoms with Gasteiger partial charge in [-0.25, -0.2) is 4.39 Å². The van der Waals surface area contributed by atoms with Crippen molar-refractivity contribution in [3.63, 3.8) is 0 Å². The Labute approximate surface area is 146 Å². The van der Waals surface area contributed by atoms with Crippen molar-refractivity contribution in [1.82, 2.24) is 10.2 Å². The maximum atomic E-state index is 13.2. The van der Waals surface area contributed by atoms with E-state index in [1.54, 1.807) is 4.90 Å². The van der Waals surface area contributed by atoms with Crippen LogP contribution in [0.2, 0.25) is 0 Å². The summed E-state index contributed by atoms with van der Waals surface area (Å²) < 4.78 is 13.2. The van der Waals surface area contributed by atoms with E-state index in [0.29, 0.717) is 19.1 Å². The number of benzene rings is 1. The Morgan fingerprint density at radius 1 is 1.29 bits per heavy atom. The number of carbonyl (C=O) groups is 1. The fourth-order valence-electron chi connectivity index (χ4n) is 2.95. The minimum atomic E-state index is -0.712. The summed E-state index contributed by atoms with van der Waals surface area (Å²) in [4.78, 5) is 24.4. The van der Waals surface area contributed by atoms with Crippen molar-refractivity contribution in [1.29, 1.82) is 0 Å². The second-order valence-corrected chi connectivity index (χ2v) is 6.34. The normalized spacial score (nSPS) is 18.1. The van der Waals surface area contributed by atoms with Gasteiger partial charge < -0.3 is 10.2 Å². The summed E-state index contributed by atoms with van der Waals surface area (Å²) in [6.45, 7) is 2.17. The fourth-order valence-corrected chi connectivity index (χ4v) is 2.95. The zero-order valence-corrected chi connectivity index (χ0v) is 14.1. The molecule has 0 radical (unpaired) electrons. The van der Waals surface area contributed by atoms with Gasteiger partial charge in [-0.1, -0.05) is 0 Å². The Morgan fingerprint density at radius 2 is 1.96 bits per heavy atom. The number of carbonyl (C=O) groups excluding carboxylic acids is 1. The number of halogens is 2. The molecule has 24 heavy (non-hydrogen) atoms. The maximum Gasteiger partial charge on any atom is 0.285 e. The largest absolute Gasteiger partial charge is 0.338 e. The summed E-state index contributed by atoms with van der Waals surface area (Å²) >= 11 is 0. The van der Waals surface area contributed by atoms with Crippen LogP contribution in [0.3, 0.4) is 0 Å². The zero-order valence-electron chi connectivity index (χ0n) is 13.2. The highest BCUT2D eigenvalue weighted by Gasteiger charge is 2.29. The van der Waals surface area contributed by atoms with Crippen molar-refractivity contribution in [2.75, 3.05) is 19.6 Å². The molecular weight excluding hydrogens is 337 g/mol. The van der Waals surface area contributed by atoms with Crippen LogP contribution in [0.1, 0.15) is 36.0 Å². The van der Waals surface area contributed by atoms with Gasteiger partial charge in [-0.2, -0.15) is 0 Å². The maximum absolute atomic E-state index is 13.2. The number of piperidine rings is 1. The molecule has 1 N–H and O–H groups in total. The second kappa shape index (κ2) is 7.90. The Morgan fingerprint density at radius 3 is 2.54 bits per heavy atom. The van der Waals surface area contributed by atoms with Crippen LogP contribution in [-0.2, 0) is 0 Å². The van der Waals surface area contributed by atoms with Crippen molar-refractivity contribution < 1.29 is 14.1 Å². The molecule has 1 heterocycles. The number of rotatable bonds is 5. The number of nitrogens with zero attached hydrogens (tertiary/aromatic N) is 2. The molecule has 8 heteroatoms. The summed E-state index contributed by atoms with van der Waals surface area (Å²) in [5, 5.41) is 14.6. The molecule has 1 aliphatic heterocycles. The molecule has 0 unspecified atom stereocenters. The molecule has 0 aromatic heterocycles. The first-order valence-electron chi connectivity index (χ1n) is 8.01. The number of nitro benzene ring substituents is 1. The first-order valence-corrected chi connectivity index (χ1v) is 8.01. The SMILES string of the molecule is Cl.O=C(c1ccc(F)cc1[N+](=O)[O-])N1CCC(NCC2CC2)CC1. The summed E-state index contributed by atoms with van der Waals surface area (Å²) in [7, 11) is 0. The van der Waals surface area contributed by atoms with Crippen LogP contribution in [0.25, 0.3) is 0 Å². The molecule has 6 nitrogen and oxygen atoms in total. The molecule has 1 aromatic carbocycles. The molecular formula is C16H21ClFN3O3. The van der Waals surface area contributed by atoms with Crippen LogP contribution in [-0.4, -0.2) is 41.4 Å². The zero-order chi connectivity index (χ0) is 16.4. The molecule has 1 saturated carbocycles. The van der Waals surface area contributed by atoms with Crippen molar-refractivity contribution in [3.8, 4) is 0 Å². The predicted octanol–water partition coefficient (Wildman–Crippen LogP) is 2.76. The van der Waals surface area contributed by atoms with Gasteiger partial charge in [-0.05, 0) is 50.3 Å². The molecule has 0 atom stereocenters. The number of hydrogen-bond donors (Lipinski definition) is 1. The molecule has 132 valence electrons. The van der Waals surface area contributed by atoms with E-state index < -0.39 is 22.3 Å². The molecule has 1 amide bonds. The molecule has 1 aliphatic carbocycles. The third kappa shape index (κ3) is 4.42. The Bertz CT molecular complexity index is 617. The quantitative estimate of drug-likeness (QED) is 0.649. The van der Waals surface area contributed by atoms with Crippen molar-refractivity contribution in [2.45, 2.75) is 31.7 Å². The van der Waals surface area contributed by atoms with Gasteiger partial charge in [0.25, 0.3) is 11.6 Å². The lowest BCUT2D eigenvalue weighted by atomic mass is 10.0. The topological polar surface area (TPSA) is 75.5 Å². The van der Waals surface area contributed by atoms with E-state index in [0.717, 1.165) is 37.4 Å². The predicted molar refractivity (Wildman–Crippen MR) is 90.0 cm³/mol. The van der Waals surface area contributed by atoms with Gasteiger partial charge in [0.2, 0.25) is 0 Å². The lowest BCUT2D eigenvalue weighted by Crippen LogP contribution is -2.45. The van der Waals surface area contributed by atoms with Crippen molar-refractivity contribution in [3.05, 3.63) is 39.7 Å². The van der Waals surface area contributed by atoms with Crippen LogP contribution in [0.15, 0.2) is 18.2 Å². The molecule has 2 fully saturated rings. The lowest BCUT2D eigenvalue weighted by Gasteiger charge is -2.32. The van der Waals surface area contributed by atoms with Crippen LogP contribution >= 0.6 is 12.4 Å². The van der Waals surface area contributed by atoms with Gasteiger partial charge in [-0.15, -0.1) is 12.4 Å². The lowest BCUT2D eigenvalue weighted by molar-refractivity contribution is -0.385. The fraction of sp³-hybridized carbons (Fsp3) is 0.562. The third-order valence-corrected chi connectivity index (χ3v) is 4.56. The van der Waals surface area contributed by atoms with Crippen molar-refractivity contribution in [2.24, 2.45) is 5.92 Å².